The zero-order valence-electron chi connectivity index (χ0n) is 25.0. The molecule has 6 nitrogen and oxygen atoms in total. The Kier molecular flexibility index (Phi) is 7.38. The van der Waals surface area contributed by atoms with Gasteiger partial charge in [0.25, 0.3) is 0 Å². The maximum absolute atomic E-state index is 12.2. The molecule has 1 N–H and O–H groups in total. The second-order valence-electron chi connectivity index (χ2n) is 11.4. The number of hydrogen-bond acceptors (Lipinski definition) is 3. The van der Waals surface area contributed by atoms with Crippen LogP contribution in [0.1, 0.15) is 21.6 Å². The van der Waals surface area contributed by atoms with E-state index < -0.39 is 5.97 Å². The van der Waals surface area contributed by atoms with E-state index >= 15 is 0 Å². The van der Waals surface area contributed by atoms with Gasteiger partial charge in [-0.15, -0.1) is 11.0 Å². The van der Waals surface area contributed by atoms with E-state index in [-0.39, 0.29) is 26.8 Å². The molecule has 3 aromatic heterocycles. The molecule has 0 amide bonds. The van der Waals surface area contributed by atoms with Crippen molar-refractivity contribution in [1.82, 2.24) is 19.5 Å². The SMILES string of the molecule is Cc1cc(C)cc(-n2c(-c3cccc4c3[n-]c3ccccc34)nc3c(-c4cc(-c5ccccc5)cc(C(=O)O)n4)cccc32)c1.[Pt]. The van der Waals surface area contributed by atoms with Crippen LogP contribution in [-0.4, -0.2) is 25.6 Å². The number of aryl methyl sites for hydroxylation is 2. The van der Waals surface area contributed by atoms with Crippen molar-refractivity contribution in [1.29, 1.82) is 0 Å². The molecular weight excluding hydrogens is 752 g/mol. The Balaban J connectivity index is 0.00000338. The molecule has 0 saturated heterocycles. The number of pyridine rings is 1. The minimum Gasteiger partial charge on any atom is -0.656 e. The van der Waals surface area contributed by atoms with Gasteiger partial charge in [-0.2, -0.15) is 0 Å². The number of aromatic nitrogens is 4. The van der Waals surface area contributed by atoms with Crippen LogP contribution in [0, 0.1) is 13.8 Å². The Morgan fingerprint density at radius 1 is 0.696 bits per heavy atom. The number of carboxylic acid groups (broad SMARTS) is 1. The normalized spacial score (nSPS) is 11.3. The summed E-state index contributed by atoms with van der Waals surface area (Å²) in [6, 6.07) is 40.2. The number of carboxylic acids is 1. The zero-order valence-corrected chi connectivity index (χ0v) is 27.3. The Hall–Kier alpha value is -5.32. The van der Waals surface area contributed by atoms with Crippen LogP contribution in [0.5, 0.6) is 0 Å². The quantitative estimate of drug-likeness (QED) is 0.189. The number of fused-ring (bicyclic) bond motifs is 4. The molecule has 0 aliphatic heterocycles. The van der Waals surface area contributed by atoms with E-state index in [9.17, 15) is 9.90 Å². The van der Waals surface area contributed by atoms with Gasteiger partial charge < -0.3 is 10.1 Å². The van der Waals surface area contributed by atoms with Crippen molar-refractivity contribution in [3.63, 3.8) is 0 Å². The Morgan fingerprint density at radius 2 is 1.39 bits per heavy atom. The predicted octanol–water partition coefficient (Wildman–Crippen LogP) is 9.00. The van der Waals surface area contributed by atoms with Gasteiger partial charge in [0.05, 0.1) is 16.7 Å². The third-order valence-electron chi connectivity index (χ3n) is 8.28. The van der Waals surface area contributed by atoms with Crippen LogP contribution in [-0.2, 0) is 21.1 Å². The molecule has 0 aliphatic rings. The van der Waals surface area contributed by atoms with Crippen molar-refractivity contribution < 1.29 is 31.0 Å². The molecule has 5 aromatic carbocycles. The van der Waals surface area contributed by atoms with Gasteiger partial charge in [0, 0.05) is 37.9 Å². The number of rotatable bonds is 5. The van der Waals surface area contributed by atoms with Gasteiger partial charge in [0.1, 0.15) is 11.5 Å². The molecule has 7 heteroatoms. The third kappa shape index (κ3) is 4.92. The van der Waals surface area contributed by atoms with E-state index in [1.807, 2.05) is 66.7 Å². The summed E-state index contributed by atoms with van der Waals surface area (Å²) in [7, 11) is 0. The summed E-state index contributed by atoms with van der Waals surface area (Å²) in [5, 5.41) is 12.2. The Bertz CT molecular complexity index is 2420. The van der Waals surface area contributed by atoms with Gasteiger partial charge in [-0.3, -0.25) is 4.57 Å². The average molecular weight is 779 g/mol. The van der Waals surface area contributed by atoms with Crippen molar-refractivity contribution in [2.24, 2.45) is 0 Å². The first-order chi connectivity index (χ1) is 21.9. The summed E-state index contributed by atoms with van der Waals surface area (Å²) in [6.07, 6.45) is 0. The maximum atomic E-state index is 12.2. The molecule has 226 valence electrons. The summed E-state index contributed by atoms with van der Waals surface area (Å²) < 4.78 is 2.19. The van der Waals surface area contributed by atoms with E-state index in [2.05, 4.69) is 71.9 Å². The predicted molar refractivity (Wildman–Crippen MR) is 180 cm³/mol. The largest absolute Gasteiger partial charge is 0.656 e. The summed E-state index contributed by atoms with van der Waals surface area (Å²) >= 11 is 0. The first-order valence-corrected chi connectivity index (χ1v) is 14.8. The van der Waals surface area contributed by atoms with Gasteiger partial charge in [-0.25, -0.2) is 14.8 Å². The molecule has 0 spiro atoms. The van der Waals surface area contributed by atoms with Crippen LogP contribution < -0.4 is 4.98 Å². The van der Waals surface area contributed by atoms with Gasteiger partial charge in [-0.1, -0.05) is 91.0 Å². The summed E-state index contributed by atoms with van der Waals surface area (Å²) in [6.45, 7) is 4.19. The molecule has 0 unspecified atom stereocenters. The average Bonchev–Trinajstić information content (AvgIpc) is 3.63. The van der Waals surface area contributed by atoms with Gasteiger partial charge >= 0.3 is 5.97 Å². The van der Waals surface area contributed by atoms with Crippen molar-refractivity contribution in [3.05, 3.63) is 138 Å². The van der Waals surface area contributed by atoms with Gasteiger partial charge in [0.2, 0.25) is 0 Å². The van der Waals surface area contributed by atoms with Crippen molar-refractivity contribution in [2.45, 2.75) is 13.8 Å². The van der Waals surface area contributed by atoms with Crippen LogP contribution >= 0.6 is 0 Å². The molecule has 46 heavy (non-hydrogen) atoms. The number of nitrogens with zero attached hydrogens (tertiary/aromatic N) is 4. The number of benzene rings is 5. The fourth-order valence-corrected chi connectivity index (χ4v) is 6.38. The molecule has 0 saturated carbocycles. The second kappa shape index (κ2) is 11.6. The smallest absolute Gasteiger partial charge is 0.354 e. The molecule has 8 aromatic rings. The van der Waals surface area contributed by atoms with Crippen molar-refractivity contribution >= 4 is 38.8 Å². The minimum absolute atomic E-state index is 0. The maximum Gasteiger partial charge on any atom is 0.354 e. The molecule has 0 fully saturated rings. The molecular formula is C39H27N4O2Pt-. The number of aromatic carboxylic acids is 1. The first kappa shape index (κ1) is 29.4. The number of para-hydroxylation sites is 3. The van der Waals surface area contributed by atoms with Gasteiger partial charge in [0.15, 0.2) is 0 Å². The fourth-order valence-electron chi connectivity index (χ4n) is 6.38. The van der Waals surface area contributed by atoms with Crippen LogP contribution in [0.2, 0.25) is 0 Å². The van der Waals surface area contributed by atoms with Crippen molar-refractivity contribution in [2.75, 3.05) is 0 Å². The van der Waals surface area contributed by atoms with E-state index in [4.69, 9.17) is 9.97 Å². The third-order valence-corrected chi connectivity index (χ3v) is 8.28. The van der Waals surface area contributed by atoms with E-state index in [0.29, 0.717) is 5.69 Å². The molecule has 0 radical (unpaired) electrons. The molecule has 0 bridgehead atoms. The monoisotopic (exact) mass is 778 g/mol. The number of imidazole rings is 1. The summed E-state index contributed by atoms with van der Waals surface area (Å²) in [4.78, 5) is 27.2. The zero-order chi connectivity index (χ0) is 30.7. The molecule has 0 aliphatic carbocycles. The summed E-state index contributed by atoms with van der Waals surface area (Å²) in [5.41, 5.74) is 10.6. The minimum atomic E-state index is -1.08. The topological polar surface area (TPSA) is 82.1 Å². The van der Waals surface area contributed by atoms with Crippen LogP contribution in [0.25, 0.3) is 72.3 Å². The second-order valence-corrected chi connectivity index (χ2v) is 11.4. The molecule has 3 heterocycles. The Morgan fingerprint density at radius 3 is 2.17 bits per heavy atom. The molecule has 0 atom stereocenters. The number of hydrogen-bond donors (Lipinski definition) is 1. The van der Waals surface area contributed by atoms with Crippen LogP contribution in [0.15, 0.2) is 121 Å². The van der Waals surface area contributed by atoms with Crippen LogP contribution in [0.4, 0.5) is 0 Å². The fraction of sp³-hybridized carbons (Fsp3) is 0.0513. The standard InChI is InChI=1S/C39H28N4O2.Pt/c1-23-18-24(2)20-27(19-23)43-35-17-9-14-30(33-21-26(22-34(40-33)39(44)45)25-10-4-3-5-11-25)37(35)42-38(43)31-15-8-13-29-28-12-6-7-16-32(28)41-36(29)31;/h3-22H,1-2H3,(H2,40,41,42,44,45);/p-1. The number of carbonyl (C=O) groups is 1. The van der Waals surface area contributed by atoms with E-state index in [1.165, 1.54) is 0 Å². The van der Waals surface area contributed by atoms with E-state index in [1.54, 1.807) is 6.07 Å². The molecule has 8 rings (SSSR count). The summed E-state index contributed by atoms with van der Waals surface area (Å²) in [5.74, 6) is -0.322. The van der Waals surface area contributed by atoms with Gasteiger partial charge in [-0.05, 0) is 77.2 Å². The first-order valence-electron chi connectivity index (χ1n) is 14.8. The Labute approximate surface area is 279 Å². The van der Waals surface area contributed by atoms with Crippen LogP contribution in [0.3, 0.4) is 0 Å². The van der Waals surface area contributed by atoms with Crippen molar-refractivity contribution in [3.8, 4) is 39.5 Å². The van der Waals surface area contributed by atoms with E-state index in [0.717, 1.165) is 77.7 Å².